The summed E-state index contributed by atoms with van der Waals surface area (Å²) in [4.78, 5) is 21.8. The molecule has 0 radical (unpaired) electrons. The molecule has 0 N–H and O–H groups in total. The highest BCUT2D eigenvalue weighted by Gasteiger charge is 2.41. The molecule has 2 fully saturated rings. The predicted octanol–water partition coefficient (Wildman–Crippen LogP) is 3.61. The van der Waals surface area contributed by atoms with Crippen LogP contribution in [0.3, 0.4) is 0 Å². The minimum atomic E-state index is 0.173. The van der Waals surface area contributed by atoms with E-state index in [0.29, 0.717) is 5.41 Å². The molecule has 1 atom stereocenters. The zero-order chi connectivity index (χ0) is 18.1. The first-order valence-corrected chi connectivity index (χ1v) is 9.56. The van der Waals surface area contributed by atoms with Gasteiger partial charge in [0.1, 0.15) is 0 Å². The topological polar surface area (TPSA) is 36.4 Å². The second-order valence-corrected chi connectivity index (χ2v) is 8.08. The number of aromatic nitrogens is 1. The molecule has 2 aliphatic rings. The average Bonchev–Trinajstić information content (AvgIpc) is 3.01. The van der Waals surface area contributed by atoms with Crippen LogP contribution in [0.4, 0.5) is 0 Å². The maximum absolute atomic E-state index is 13.0. The standard InChI is InChI=1S/C22H27N3O/c1-17-4-5-20(14-23-17)18-6-8-19(9-7-18)21(26)25-12-3-10-22(16-25)11-13-24(2)15-22/h4-9,14H,3,10-13,15-16H2,1-2H3. The third kappa shape index (κ3) is 3.38. The Hall–Kier alpha value is -2.20. The van der Waals surface area contributed by atoms with E-state index in [0.717, 1.165) is 55.0 Å². The Morgan fingerprint density at radius 3 is 2.42 bits per heavy atom. The van der Waals surface area contributed by atoms with Gasteiger partial charge in [-0.1, -0.05) is 18.2 Å². The first-order chi connectivity index (χ1) is 12.5. The molecule has 26 heavy (non-hydrogen) atoms. The third-order valence-electron chi connectivity index (χ3n) is 5.95. The molecule has 1 aromatic heterocycles. The molecule has 1 spiro atoms. The molecule has 0 bridgehead atoms. The Morgan fingerprint density at radius 1 is 1.00 bits per heavy atom. The summed E-state index contributed by atoms with van der Waals surface area (Å²) in [6, 6.07) is 12.1. The molecule has 4 nitrogen and oxygen atoms in total. The molecule has 0 saturated carbocycles. The van der Waals surface area contributed by atoms with E-state index in [4.69, 9.17) is 0 Å². The number of pyridine rings is 1. The monoisotopic (exact) mass is 349 g/mol. The number of hydrogen-bond donors (Lipinski definition) is 0. The number of nitrogens with zero attached hydrogens (tertiary/aromatic N) is 3. The zero-order valence-corrected chi connectivity index (χ0v) is 15.7. The number of piperidine rings is 1. The molecule has 4 rings (SSSR count). The Labute approximate surface area is 155 Å². The lowest BCUT2D eigenvalue weighted by Gasteiger charge is -2.40. The second kappa shape index (κ2) is 6.84. The minimum absolute atomic E-state index is 0.173. The zero-order valence-electron chi connectivity index (χ0n) is 15.7. The van der Waals surface area contributed by atoms with Crippen LogP contribution in [0.2, 0.25) is 0 Å². The van der Waals surface area contributed by atoms with E-state index < -0.39 is 0 Å². The normalized spacial score (nSPS) is 23.5. The fraction of sp³-hybridized carbons (Fsp3) is 0.455. The van der Waals surface area contributed by atoms with Crippen molar-refractivity contribution in [3.05, 3.63) is 53.9 Å². The number of amides is 1. The van der Waals surface area contributed by atoms with Gasteiger partial charge < -0.3 is 9.80 Å². The Bertz CT molecular complexity index is 780. The number of benzene rings is 1. The van der Waals surface area contributed by atoms with Gasteiger partial charge in [-0.15, -0.1) is 0 Å². The summed E-state index contributed by atoms with van der Waals surface area (Å²) in [5.74, 6) is 0.173. The van der Waals surface area contributed by atoms with Gasteiger partial charge in [0.05, 0.1) is 0 Å². The van der Waals surface area contributed by atoms with Crippen LogP contribution >= 0.6 is 0 Å². The number of aryl methyl sites for hydroxylation is 1. The van der Waals surface area contributed by atoms with Crippen LogP contribution in [0.25, 0.3) is 11.1 Å². The molecule has 3 heterocycles. The molecular weight excluding hydrogens is 322 g/mol. The smallest absolute Gasteiger partial charge is 0.253 e. The predicted molar refractivity (Wildman–Crippen MR) is 104 cm³/mol. The lowest BCUT2D eigenvalue weighted by molar-refractivity contribution is 0.0534. The first kappa shape index (κ1) is 17.2. The molecule has 1 amide bonds. The van der Waals surface area contributed by atoms with Crippen molar-refractivity contribution < 1.29 is 4.79 Å². The Kier molecular flexibility index (Phi) is 4.53. The van der Waals surface area contributed by atoms with Gasteiger partial charge in [-0.3, -0.25) is 9.78 Å². The van der Waals surface area contributed by atoms with E-state index in [1.165, 1.54) is 12.8 Å². The summed E-state index contributed by atoms with van der Waals surface area (Å²) in [5.41, 5.74) is 4.30. The second-order valence-electron chi connectivity index (χ2n) is 8.08. The lowest BCUT2D eigenvalue weighted by atomic mass is 9.79. The summed E-state index contributed by atoms with van der Waals surface area (Å²) in [5, 5.41) is 0. The van der Waals surface area contributed by atoms with Gasteiger partial charge in [-0.05, 0) is 63.5 Å². The summed E-state index contributed by atoms with van der Waals surface area (Å²) in [7, 11) is 2.19. The average molecular weight is 349 g/mol. The molecule has 1 unspecified atom stereocenters. The fourth-order valence-corrected chi connectivity index (χ4v) is 4.50. The maximum atomic E-state index is 13.0. The Morgan fingerprint density at radius 2 is 1.77 bits per heavy atom. The van der Waals surface area contributed by atoms with Crippen molar-refractivity contribution in [1.82, 2.24) is 14.8 Å². The van der Waals surface area contributed by atoms with Gasteiger partial charge in [0.25, 0.3) is 5.91 Å². The van der Waals surface area contributed by atoms with Crippen LogP contribution in [-0.2, 0) is 0 Å². The van der Waals surface area contributed by atoms with Crippen LogP contribution in [0.1, 0.15) is 35.3 Å². The number of likely N-dealkylation sites (tertiary alicyclic amines) is 2. The first-order valence-electron chi connectivity index (χ1n) is 9.56. The summed E-state index contributed by atoms with van der Waals surface area (Å²) < 4.78 is 0. The Balaban J connectivity index is 1.48. The van der Waals surface area contributed by atoms with Gasteiger partial charge in [-0.25, -0.2) is 0 Å². The van der Waals surface area contributed by atoms with Gasteiger partial charge >= 0.3 is 0 Å². The van der Waals surface area contributed by atoms with Crippen LogP contribution < -0.4 is 0 Å². The number of rotatable bonds is 2. The summed E-state index contributed by atoms with van der Waals surface area (Å²) in [6.45, 7) is 6.05. The fourth-order valence-electron chi connectivity index (χ4n) is 4.50. The van der Waals surface area contributed by atoms with Crippen LogP contribution in [0, 0.1) is 12.3 Å². The SMILES string of the molecule is Cc1ccc(-c2ccc(C(=O)N3CCCC4(CCN(C)C4)C3)cc2)cn1. The van der Waals surface area contributed by atoms with E-state index in [2.05, 4.69) is 27.9 Å². The molecular formula is C22H27N3O. The molecule has 0 aliphatic carbocycles. The van der Waals surface area contributed by atoms with E-state index >= 15 is 0 Å². The van der Waals surface area contributed by atoms with Gasteiger partial charge in [0.15, 0.2) is 0 Å². The third-order valence-corrected chi connectivity index (χ3v) is 5.95. The molecule has 2 aromatic rings. The highest BCUT2D eigenvalue weighted by Crippen LogP contribution is 2.38. The van der Waals surface area contributed by atoms with Crippen molar-refractivity contribution in [1.29, 1.82) is 0 Å². The quantitative estimate of drug-likeness (QED) is 0.831. The van der Waals surface area contributed by atoms with Gasteiger partial charge in [0.2, 0.25) is 0 Å². The molecule has 136 valence electrons. The van der Waals surface area contributed by atoms with Gasteiger partial charge in [-0.2, -0.15) is 0 Å². The van der Waals surface area contributed by atoms with Crippen molar-refractivity contribution >= 4 is 5.91 Å². The van der Waals surface area contributed by atoms with Crippen LogP contribution in [0.15, 0.2) is 42.6 Å². The van der Waals surface area contributed by atoms with E-state index in [1.807, 2.05) is 43.5 Å². The number of hydrogen-bond acceptors (Lipinski definition) is 3. The van der Waals surface area contributed by atoms with Crippen LogP contribution in [-0.4, -0.2) is 53.9 Å². The number of carbonyl (C=O) groups is 1. The van der Waals surface area contributed by atoms with E-state index in [-0.39, 0.29) is 5.91 Å². The molecule has 2 aliphatic heterocycles. The van der Waals surface area contributed by atoms with Crippen molar-refractivity contribution in [3.63, 3.8) is 0 Å². The molecule has 2 saturated heterocycles. The summed E-state index contributed by atoms with van der Waals surface area (Å²) >= 11 is 0. The molecule has 4 heteroatoms. The van der Waals surface area contributed by atoms with E-state index in [9.17, 15) is 4.79 Å². The lowest BCUT2D eigenvalue weighted by Crippen LogP contribution is -2.47. The minimum Gasteiger partial charge on any atom is -0.338 e. The van der Waals surface area contributed by atoms with E-state index in [1.54, 1.807) is 0 Å². The summed E-state index contributed by atoms with van der Waals surface area (Å²) in [6.07, 6.45) is 5.47. The highest BCUT2D eigenvalue weighted by atomic mass is 16.2. The maximum Gasteiger partial charge on any atom is 0.253 e. The highest BCUT2D eigenvalue weighted by molar-refractivity contribution is 5.94. The van der Waals surface area contributed by atoms with Crippen molar-refractivity contribution in [3.8, 4) is 11.1 Å². The van der Waals surface area contributed by atoms with Crippen molar-refractivity contribution in [2.45, 2.75) is 26.2 Å². The number of carbonyl (C=O) groups excluding carboxylic acids is 1. The molecule has 1 aromatic carbocycles. The van der Waals surface area contributed by atoms with Gasteiger partial charge in [0, 0.05) is 48.1 Å². The van der Waals surface area contributed by atoms with Crippen LogP contribution in [0.5, 0.6) is 0 Å². The van der Waals surface area contributed by atoms with Crippen molar-refractivity contribution in [2.24, 2.45) is 5.41 Å². The van der Waals surface area contributed by atoms with Crippen molar-refractivity contribution in [2.75, 3.05) is 33.2 Å². The largest absolute Gasteiger partial charge is 0.338 e.